The number of hydrogen-bond donors (Lipinski definition) is 2. The zero-order valence-electron chi connectivity index (χ0n) is 11.6. The number of benzene rings is 1. The molecule has 0 aliphatic heterocycles. The summed E-state index contributed by atoms with van der Waals surface area (Å²) in [5, 5.41) is 19.6. The zero-order valence-corrected chi connectivity index (χ0v) is 13.1. The number of aliphatic carboxylic acids is 1. The molecule has 106 valence electrons. The summed E-state index contributed by atoms with van der Waals surface area (Å²) >= 11 is 3.43. The maximum atomic E-state index is 11.4. The van der Waals surface area contributed by atoms with Crippen LogP contribution >= 0.6 is 15.9 Å². The van der Waals surface area contributed by atoms with E-state index in [0.717, 1.165) is 10.0 Å². The molecule has 1 aromatic carbocycles. The van der Waals surface area contributed by atoms with Crippen LogP contribution in [-0.2, 0) is 11.2 Å². The number of carbonyl (C=O) groups is 1. The molecule has 2 unspecified atom stereocenters. The number of rotatable bonds is 6. The van der Waals surface area contributed by atoms with Crippen LogP contribution in [0.1, 0.15) is 32.8 Å². The fourth-order valence-electron chi connectivity index (χ4n) is 1.91. The maximum absolute atomic E-state index is 11.4. The molecular weight excluding hydrogens is 308 g/mol. The van der Waals surface area contributed by atoms with E-state index in [9.17, 15) is 15.0 Å². The third-order valence-electron chi connectivity index (χ3n) is 3.68. The van der Waals surface area contributed by atoms with Crippen LogP contribution in [-0.4, -0.2) is 21.8 Å². The number of carboxylic acid groups (broad SMARTS) is 1. The molecule has 19 heavy (non-hydrogen) atoms. The lowest BCUT2D eigenvalue weighted by atomic mass is 9.81. The van der Waals surface area contributed by atoms with E-state index in [0.29, 0.717) is 6.42 Å². The van der Waals surface area contributed by atoms with Gasteiger partial charge in [0.25, 0.3) is 0 Å². The molecule has 0 saturated heterocycles. The molecular formula is C15H21BrO3. The summed E-state index contributed by atoms with van der Waals surface area (Å²) in [4.78, 5) is 11.4. The molecule has 1 aromatic rings. The summed E-state index contributed by atoms with van der Waals surface area (Å²) in [7, 11) is 0. The highest BCUT2D eigenvalue weighted by atomic mass is 79.9. The molecule has 0 spiro atoms. The first-order chi connectivity index (χ1) is 8.74. The molecule has 0 radical (unpaired) electrons. The summed E-state index contributed by atoms with van der Waals surface area (Å²) in [5.41, 5.74) is -0.0147. The van der Waals surface area contributed by atoms with Crippen LogP contribution in [0.5, 0.6) is 0 Å². The molecule has 2 atom stereocenters. The molecule has 2 N–H and O–H groups in total. The Kier molecular flexibility index (Phi) is 5.56. The van der Waals surface area contributed by atoms with Gasteiger partial charge < -0.3 is 10.2 Å². The molecule has 4 heteroatoms. The van der Waals surface area contributed by atoms with Crippen molar-refractivity contribution in [3.63, 3.8) is 0 Å². The van der Waals surface area contributed by atoms with Gasteiger partial charge in [0.05, 0.1) is 11.5 Å². The highest BCUT2D eigenvalue weighted by molar-refractivity contribution is 9.10. The van der Waals surface area contributed by atoms with Crippen LogP contribution in [0.4, 0.5) is 0 Å². The van der Waals surface area contributed by atoms with Gasteiger partial charge in [-0.3, -0.25) is 4.79 Å². The quantitative estimate of drug-likeness (QED) is 0.840. The van der Waals surface area contributed by atoms with Crippen molar-refractivity contribution in [3.05, 3.63) is 34.3 Å². The van der Waals surface area contributed by atoms with Gasteiger partial charge in [-0.1, -0.05) is 48.0 Å². The van der Waals surface area contributed by atoms with Gasteiger partial charge in [-0.25, -0.2) is 0 Å². The second-order valence-electron chi connectivity index (χ2n) is 5.55. The van der Waals surface area contributed by atoms with Gasteiger partial charge >= 0.3 is 5.97 Å². The first-order valence-electron chi connectivity index (χ1n) is 6.42. The normalized spacial score (nSPS) is 16.1. The van der Waals surface area contributed by atoms with E-state index in [1.807, 2.05) is 38.1 Å². The topological polar surface area (TPSA) is 57.5 Å². The molecule has 0 bridgehead atoms. The van der Waals surface area contributed by atoms with Gasteiger partial charge in [0, 0.05) is 4.47 Å². The lowest BCUT2D eigenvalue weighted by Crippen LogP contribution is -2.36. The molecule has 0 heterocycles. The Labute approximate surface area is 122 Å². The second-order valence-corrected chi connectivity index (χ2v) is 6.40. The van der Waals surface area contributed by atoms with Gasteiger partial charge in [-0.05, 0) is 37.3 Å². The van der Waals surface area contributed by atoms with E-state index in [2.05, 4.69) is 15.9 Å². The molecule has 0 aliphatic carbocycles. The third kappa shape index (κ3) is 4.62. The predicted octanol–water partition coefficient (Wildman–Crippen LogP) is 3.49. The average molecular weight is 329 g/mol. The fourth-order valence-corrected chi connectivity index (χ4v) is 2.36. The monoisotopic (exact) mass is 328 g/mol. The Hall–Kier alpha value is -0.870. The van der Waals surface area contributed by atoms with Crippen LogP contribution in [0.25, 0.3) is 0 Å². The van der Waals surface area contributed by atoms with Crippen molar-refractivity contribution in [2.75, 3.05) is 0 Å². The summed E-state index contributed by atoms with van der Waals surface area (Å²) in [5.74, 6) is -1.43. The van der Waals surface area contributed by atoms with Crippen molar-refractivity contribution in [1.82, 2.24) is 0 Å². The van der Waals surface area contributed by atoms with E-state index in [4.69, 9.17) is 0 Å². The summed E-state index contributed by atoms with van der Waals surface area (Å²) in [6.45, 7) is 5.50. The van der Waals surface area contributed by atoms with Crippen molar-refractivity contribution in [2.24, 2.45) is 11.8 Å². The highest BCUT2D eigenvalue weighted by Crippen LogP contribution is 2.28. The van der Waals surface area contributed by atoms with Gasteiger partial charge in [-0.2, -0.15) is 0 Å². The minimum atomic E-state index is -0.968. The van der Waals surface area contributed by atoms with E-state index in [-0.39, 0.29) is 12.3 Å². The predicted molar refractivity (Wildman–Crippen MR) is 79.1 cm³/mol. The summed E-state index contributed by atoms with van der Waals surface area (Å²) in [6, 6.07) is 7.59. The van der Waals surface area contributed by atoms with E-state index in [1.165, 1.54) is 0 Å². The standard InChI is InChI=1S/C15H21BrO3/c1-10(2)15(3,19)9-12(14(17)18)8-11-6-4-5-7-13(11)16/h4-7,10,12,19H,8-9H2,1-3H3,(H,17,18). The summed E-state index contributed by atoms with van der Waals surface area (Å²) in [6.07, 6.45) is 0.668. The second kappa shape index (κ2) is 6.53. The maximum Gasteiger partial charge on any atom is 0.306 e. The SMILES string of the molecule is CC(C)C(C)(O)CC(Cc1ccccc1Br)C(=O)O. The molecule has 3 nitrogen and oxygen atoms in total. The van der Waals surface area contributed by atoms with Crippen LogP contribution in [0.3, 0.4) is 0 Å². The zero-order chi connectivity index (χ0) is 14.6. The molecule has 0 aliphatic rings. The largest absolute Gasteiger partial charge is 0.481 e. The molecule has 0 fully saturated rings. The van der Waals surface area contributed by atoms with E-state index < -0.39 is 17.5 Å². The van der Waals surface area contributed by atoms with Crippen molar-refractivity contribution >= 4 is 21.9 Å². The number of aliphatic hydroxyl groups is 1. The average Bonchev–Trinajstić information content (AvgIpc) is 2.30. The van der Waals surface area contributed by atoms with Crippen LogP contribution < -0.4 is 0 Å². The van der Waals surface area contributed by atoms with Gasteiger partial charge in [0.1, 0.15) is 0 Å². The smallest absolute Gasteiger partial charge is 0.306 e. The van der Waals surface area contributed by atoms with Gasteiger partial charge in [0.15, 0.2) is 0 Å². The van der Waals surface area contributed by atoms with Crippen molar-refractivity contribution in [3.8, 4) is 0 Å². The Bertz CT molecular complexity index is 441. The van der Waals surface area contributed by atoms with Crippen LogP contribution in [0.15, 0.2) is 28.7 Å². The Morgan fingerprint density at radius 1 is 1.37 bits per heavy atom. The molecule has 0 amide bonds. The Morgan fingerprint density at radius 3 is 2.42 bits per heavy atom. The summed E-state index contributed by atoms with van der Waals surface area (Å²) < 4.78 is 0.908. The highest BCUT2D eigenvalue weighted by Gasteiger charge is 2.32. The Morgan fingerprint density at radius 2 is 1.95 bits per heavy atom. The van der Waals surface area contributed by atoms with E-state index >= 15 is 0 Å². The van der Waals surface area contributed by atoms with Crippen molar-refractivity contribution < 1.29 is 15.0 Å². The first-order valence-corrected chi connectivity index (χ1v) is 7.22. The first kappa shape index (κ1) is 16.2. The Balaban J connectivity index is 2.86. The van der Waals surface area contributed by atoms with Gasteiger partial charge in [0.2, 0.25) is 0 Å². The van der Waals surface area contributed by atoms with Crippen LogP contribution in [0, 0.1) is 11.8 Å². The molecule has 0 saturated carbocycles. The van der Waals surface area contributed by atoms with Crippen molar-refractivity contribution in [1.29, 1.82) is 0 Å². The minimum absolute atomic E-state index is 0.0218. The van der Waals surface area contributed by atoms with E-state index in [1.54, 1.807) is 6.92 Å². The number of carboxylic acids is 1. The number of hydrogen-bond acceptors (Lipinski definition) is 2. The molecule has 1 rings (SSSR count). The van der Waals surface area contributed by atoms with Crippen molar-refractivity contribution in [2.45, 2.75) is 39.2 Å². The fraction of sp³-hybridized carbons (Fsp3) is 0.533. The lowest BCUT2D eigenvalue weighted by Gasteiger charge is -2.30. The minimum Gasteiger partial charge on any atom is -0.481 e. The number of halogens is 1. The van der Waals surface area contributed by atoms with Crippen LogP contribution in [0.2, 0.25) is 0 Å². The van der Waals surface area contributed by atoms with Gasteiger partial charge in [-0.15, -0.1) is 0 Å². The lowest BCUT2D eigenvalue weighted by molar-refractivity contribution is -0.144. The third-order valence-corrected chi connectivity index (χ3v) is 4.45. The molecule has 0 aromatic heterocycles.